The summed E-state index contributed by atoms with van der Waals surface area (Å²) in [6.45, 7) is 0. The zero-order valence-corrected chi connectivity index (χ0v) is 7.33. The predicted octanol–water partition coefficient (Wildman–Crippen LogP) is -1.95. The number of amides is 4. The third kappa shape index (κ3) is 2230. The summed E-state index contributed by atoms with van der Waals surface area (Å²) in [5, 5.41) is 2.17. The highest BCUT2D eigenvalue weighted by Crippen LogP contribution is 1.38. The minimum atomic E-state index is -0.833. The molecular weight excluding hydrogens is 164 g/mol. The molecule has 12 N–H and O–H groups in total. The molecule has 0 rings (SSSR count). The summed E-state index contributed by atoms with van der Waals surface area (Å²) < 4.78 is 0. The van der Waals surface area contributed by atoms with Crippen LogP contribution in [0.15, 0.2) is 0 Å². The Morgan fingerprint density at radius 2 is 1.17 bits per heavy atom. The molecular formula is C4H18N6O2. The van der Waals surface area contributed by atoms with E-state index in [1.165, 1.54) is 14.1 Å². The highest BCUT2D eigenvalue weighted by atomic mass is 16.2. The number of carbonyl (C=O) groups is 2. The molecule has 8 nitrogen and oxygen atoms in total. The average molecular weight is 182 g/mol. The Morgan fingerprint density at radius 1 is 1.08 bits per heavy atom. The molecule has 0 spiro atoms. The molecule has 0 aromatic carbocycles. The van der Waals surface area contributed by atoms with E-state index in [1.54, 1.807) is 0 Å². The van der Waals surface area contributed by atoms with Crippen molar-refractivity contribution in [2.24, 2.45) is 22.9 Å². The summed E-state index contributed by atoms with van der Waals surface area (Å²) in [4.78, 5) is 18.5. The number of hydrogen-bond donors (Lipinski definition) is 6. The van der Waals surface area contributed by atoms with Gasteiger partial charge >= 0.3 is 12.1 Å². The second-order valence-corrected chi connectivity index (χ2v) is 1.02. The SMILES string of the molecule is CN.CNC(N)=O.N.NC(N)=O. The molecule has 0 heterocycles. The second-order valence-electron chi connectivity index (χ2n) is 1.02. The van der Waals surface area contributed by atoms with Crippen LogP contribution < -0.4 is 34.4 Å². The van der Waals surface area contributed by atoms with Crippen molar-refractivity contribution in [3.63, 3.8) is 0 Å². The van der Waals surface area contributed by atoms with Gasteiger partial charge in [-0.25, -0.2) is 9.59 Å². The van der Waals surface area contributed by atoms with E-state index in [0.717, 1.165) is 0 Å². The first-order chi connectivity index (χ1) is 5.00. The number of rotatable bonds is 0. The molecule has 0 aromatic heterocycles. The zero-order valence-electron chi connectivity index (χ0n) is 7.33. The molecule has 0 aromatic rings. The second kappa shape index (κ2) is 22.7. The van der Waals surface area contributed by atoms with Gasteiger partial charge in [0.2, 0.25) is 0 Å². The van der Waals surface area contributed by atoms with Gasteiger partial charge in [-0.1, -0.05) is 0 Å². The van der Waals surface area contributed by atoms with Gasteiger partial charge in [-0.2, -0.15) is 0 Å². The summed E-state index contributed by atoms with van der Waals surface area (Å²) in [6.07, 6.45) is 0. The molecule has 0 saturated carbocycles. The van der Waals surface area contributed by atoms with Gasteiger partial charge in [0.1, 0.15) is 0 Å². The van der Waals surface area contributed by atoms with Gasteiger partial charge < -0.3 is 34.4 Å². The van der Waals surface area contributed by atoms with Gasteiger partial charge in [-0.15, -0.1) is 0 Å². The van der Waals surface area contributed by atoms with Crippen molar-refractivity contribution in [1.29, 1.82) is 0 Å². The standard InChI is InChI=1S/C2H6N2O.CH4N2O.CH5N.H3N/c1-4-2(3)5;2-1(3)4;1-2;/h1H3,(H3,3,4,5);(H4,2,3,4);2H2,1H3;1H3. The van der Waals surface area contributed by atoms with Crippen LogP contribution in [0.25, 0.3) is 0 Å². The number of nitrogens with two attached hydrogens (primary N) is 4. The molecule has 0 aliphatic rings. The molecule has 8 heteroatoms. The fourth-order valence-corrected chi connectivity index (χ4v) is 0. The Balaban J connectivity index is -0.0000000419. The van der Waals surface area contributed by atoms with Crippen LogP contribution >= 0.6 is 0 Å². The Hall–Kier alpha value is -1.54. The molecule has 0 fully saturated rings. The predicted molar refractivity (Wildman–Crippen MR) is 47.5 cm³/mol. The van der Waals surface area contributed by atoms with E-state index in [0.29, 0.717) is 0 Å². The van der Waals surface area contributed by atoms with Crippen LogP contribution in [0.5, 0.6) is 0 Å². The Kier molecular flexibility index (Phi) is 42.5. The third-order valence-electron chi connectivity index (χ3n) is 0.246. The Labute approximate surface area is 71.2 Å². The lowest BCUT2D eigenvalue weighted by Crippen LogP contribution is -2.24. The van der Waals surface area contributed by atoms with Gasteiger partial charge in [-0.05, 0) is 7.05 Å². The molecule has 0 aliphatic heterocycles. The number of nitrogens with one attached hydrogen (secondary N) is 1. The van der Waals surface area contributed by atoms with Crippen molar-refractivity contribution >= 4 is 12.1 Å². The van der Waals surface area contributed by atoms with Crippen molar-refractivity contribution in [2.75, 3.05) is 14.1 Å². The topological polar surface area (TPSA) is 185 Å². The summed E-state index contributed by atoms with van der Waals surface area (Å²) in [5.74, 6) is 0. The number of hydrogen-bond acceptors (Lipinski definition) is 4. The monoisotopic (exact) mass is 182 g/mol. The third-order valence-corrected chi connectivity index (χ3v) is 0.246. The molecule has 76 valence electrons. The summed E-state index contributed by atoms with van der Waals surface area (Å²) in [6, 6.07) is -1.33. The van der Waals surface area contributed by atoms with E-state index in [4.69, 9.17) is 4.79 Å². The van der Waals surface area contributed by atoms with Crippen LogP contribution in [-0.4, -0.2) is 26.2 Å². The number of carbonyl (C=O) groups excluding carboxylic acids is 2. The maximum atomic E-state index is 9.48. The van der Waals surface area contributed by atoms with Crippen molar-refractivity contribution in [3.8, 4) is 0 Å². The van der Waals surface area contributed by atoms with Gasteiger partial charge in [0.15, 0.2) is 0 Å². The van der Waals surface area contributed by atoms with Gasteiger partial charge in [-0.3, -0.25) is 0 Å². The summed E-state index contributed by atoms with van der Waals surface area (Å²) in [7, 11) is 2.97. The van der Waals surface area contributed by atoms with Crippen molar-refractivity contribution in [2.45, 2.75) is 0 Å². The van der Waals surface area contributed by atoms with Crippen LogP contribution in [0.4, 0.5) is 9.59 Å². The normalized spacial score (nSPS) is 5.25. The summed E-state index contributed by atoms with van der Waals surface area (Å²) in [5.41, 5.74) is 17.5. The molecule has 0 unspecified atom stereocenters. The van der Waals surface area contributed by atoms with Crippen molar-refractivity contribution in [3.05, 3.63) is 0 Å². The maximum absolute atomic E-state index is 9.48. The summed E-state index contributed by atoms with van der Waals surface area (Å²) >= 11 is 0. The Morgan fingerprint density at radius 3 is 1.17 bits per heavy atom. The van der Waals surface area contributed by atoms with Crippen molar-refractivity contribution < 1.29 is 9.59 Å². The first kappa shape index (κ1) is 22.4. The molecule has 4 amide bonds. The highest BCUT2D eigenvalue weighted by molar-refractivity contribution is 5.71. The fourth-order valence-electron chi connectivity index (χ4n) is 0. The van der Waals surface area contributed by atoms with Crippen LogP contribution in [-0.2, 0) is 0 Å². The number of urea groups is 2. The molecule has 0 bridgehead atoms. The maximum Gasteiger partial charge on any atom is 0.311 e. The van der Waals surface area contributed by atoms with Gasteiger partial charge in [0.05, 0.1) is 0 Å². The van der Waals surface area contributed by atoms with Crippen molar-refractivity contribution in [1.82, 2.24) is 11.5 Å². The number of primary amides is 3. The fraction of sp³-hybridized carbons (Fsp3) is 0.500. The van der Waals surface area contributed by atoms with Crippen LogP contribution in [0.3, 0.4) is 0 Å². The Bertz CT molecular complexity index is 102. The first-order valence-electron chi connectivity index (χ1n) is 2.60. The van der Waals surface area contributed by atoms with E-state index in [1.807, 2.05) is 0 Å². The van der Waals surface area contributed by atoms with Crippen LogP contribution in [0.1, 0.15) is 0 Å². The molecule has 12 heavy (non-hydrogen) atoms. The largest absolute Gasteiger partial charge is 0.352 e. The first-order valence-corrected chi connectivity index (χ1v) is 2.60. The van der Waals surface area contributed by atoms with Crippen LogP contribution in [0.2, 0.25) is 0 Å². The van der Waals surface area contributed by atoms with Gasteiger partial charge in [0, 0.05) is 7.05 Å². The minimum absolute atomic E-state index is 0. The average Bonchev–Trinajstić information content (AvgIpc) is 1.91. The van der Waals surface area contributed by atoms with E-state index in [2.05, 4.69) is 28.3 Å². The minimum Gasteiger partial charge on any atom is -0.352 e. The molecule has 0 radical (unpaired) electrons. The smallest absolute Gasteiger partial charge is 0.311 e. The van der Waals surface area contributed by atoms with E-state index < -0.39 is 12.1 Å². The highest BCUT2D eigenvalue weighted by Gasteiger charge is 1.72. The van der Waals surface area contributed by atoms with E-state index >= 15 is 0 Å². The van der Waals surface area contributed by atoms with E-state index in [9.17, 15) is 4.79 Å². The van der Waals surface area contributed by atoms with E-state index in [-0.39, 0.29) is 6.15 Å². The van der Waals surface area contributed by atoms with Crippen LogP contribution in [0, 0.1) is 0 Å². The molecule has 0 aliphatic carbocycles. The van der Waals surface area contributed by atoms with Gasteiger partial charge in [0.25, 0.3) is 0 Å². The lowest BCUT2D eigenvalue weighted by atomic mass is 11.1. The lowest BCUT2D eigenvalue weighted by molar-refractivity contribution is 0.250. The zero-order chi connectivity index (χ0) is 9.86. The lowest BCUT2D eigenvalue weighted by Gasteiger charge is -1.80. The quantitative estimate of drug-likeness (QED) is 0.254. The molecule has 0 saturated heterocycles. The molecule has 0 atom stereocenters.